The summed E-state index contributed by atoms with van der Waals surface area (Å²) in [6.07, 6.45) is 4.53. The van der Waals surface area contributed by atoms with E-state index in [0.29, 0.717) is 6.42 Å². The lowest BCUT2D eigenvalue weighted by molar-refractivity contribution is -0.170. The third-order valence-corrected chi connectivity index (χ3v) is 7.02. The van der Waals surface area contributed by atoms with Gasteiger partial charge in [0.05, 0.1) is 20.3 Å². The normalized spacial score (nSPS) is 26.3. The fourth-order valence-corrected chi connectivity index (χ4v) is 5.74. The van der Waals surface area contributed by atoms with E-state index in [1.54, 1.807) is 0 Å². The highest BCUT2D eigenvalue weighted by Crippen LogP contribution is 2.63. The van der Waals surface area contributed by atoms with E-state index in [9.17, 15) is 9.59 Å². The van der Waals surface area contributed by atoms with E-state index in [0.717, 1.165) is 16.8 Å². The fraction of sp³-hybridized carbons (Fsp3) is 0.360. The fourth-order valence-electron chi connectivity index (χ4n) is 5.74. The zero-order valence-corrected chi connectivity index (χ0v) is 17.8. The number of hydrogen-bond acceptors (Lipinski definition) is 5. The maximum Gasteiger partial charge on any atom is 0.325 e. The summed E-state index contributed by atoms with van der Waals surface area (Å²) in [6.45, 7) is 2.15. The second-order valence-electron chi connectivity index (χ2n) is 8.35. The highest BCUT2D eigenvalue weighted by atomic mass is 16.5. The number of fused-ring (bicyclic) bond motifs is 3. The molecule has 30 heavy (non-hydrogen) atoms. The second-order valence-corrected chi connectivity index (χ2v) is 8.35. The average molecular weight is 405 g/mol. The molecule has 0 N–H and O–H groups in total. The molecule has 2 aromatic rings. The minimum absolute atomic E-state index is 0.0630. The van der Waals surface area contributed by atoms with Crippen molar-refractivity contribution in [3.8, 4) is 0 Å². The van der Waals surface area contributed by atoms with Crippen molar-refractivity contribution in [3.63, 3.8) is 0 Å². The highest BCUT2D eigenvalue weighted by molar-refractivity contribution is 6.03. The van der Waals surface area contributed by atoms with Crippen LogP contribution >= 0.6 is 0 Å². The number of likely N-dealkylation sites (N-methyl/N-ethyl adjacent to an activating group) is 1. The Labute approximate surface area is 177 Å². The van der Waals surface area contributed by atoms with Gasteiger partial charge >= 0.3 is 11.9 Å². The zero-order chi connectivity index (χ0) is 21.5. The predicted molar refractivity (Wildman–Crippen MR) is 116 cm³/mol. The van der Waals surface area contributed by atoms with Crippen LogP contribution < -0.4 is 4.90 Å². The van der Waals surface area contributed by atoms with Crippen LogP contribution in [0.25, 0.3) is 6.08 Å². The van der Waals surface area contributed by atoms with Crippen LogP contribution in [0.5, 0.6) is 0 Å². The van der Waals surface area contributed by atoms with Crippen molar-refractivity contribution < 1.29 is 19.1 Å². The van der Waals surface area contributed by atoms with Crippen LogP contribution in [0.1, 0.15) is 24.5 Å². The molecule has 0 unspecified atom stereocenters. The van der Waals surface area contributed by atoms with Gasteiger partial charge in [0.1, 0.15) is 0 Å². The summed E-state index contributed by atoms with van der Waals surface area (Å²) < 4.78 is 10.4. The molecule has 0 radical (unpaired) electrons. The first-order valence-corrected chi connectivity index (χ1v) is 10.1. The van der Waals surface area contributed by atoms with E-state index >= 15 is 0 Å². The highest BCUT2D eigenvalue weighted by Gasteiger charge is 2.72. The van der Waals surface area contributed by atoms with Gasteiger partial charge in [-0.05, 0) is 29.5 Å². The van der Waals surface area contributed by atoms with Gasteiger partial charge in [-0.3, -0.25) is 9.59 Å². The van der Waals surface area contributed by atoms with E-state index < -0.39 is 28.8 Å². The van der Waals surface area contributed by atoms with Crippen LogP contribution in [0.3, 0.4) is 0 Å². The Morgan fingerprint density at radius 2 is 1.60 bits per heavy atom. The Kier molecular flexibility index (Phi) is 4.92. The van der Waals surface area contributed by atoms with Crippen molar-refractivity contribution in [3.05, 3.63) is 71.8 Å². The first-order valence-electron chi connectivity index (χ1n) is 10.1. The summed E-state index contributed by atoms with van der Waals surface area (Å²) in [5.41, 5.74) is 1.37. The van der Waals surface area contributed by atoms with Gasteiger partial charge in [0.15, 0.2) is 5.41 Å². The maximum atomic E-state index is 13.2. The number of para-hydroxylation sites is 1. The Morgan fingerprint density at radius 3 is 2.23 bits per heavy atom. The van der Waals surface area contributed by atoms with Crippen molar-refractivity contribution in [2.24, 2.45) is 11.3 Å². The molecule has 1 fully saturated rings. The molecule has 4 rings (SSSR count). The molecule has 0 amide bonds. The Morgan fingerprint density at radius 1 is 1.00 bits per heavy atom. The van der Waals surface area contributed by atoms with Crippen molar-refractivity contribution in [2.75, 3.05) is 26.2 Å². The molecule has 2 aromatic carbocycles. The lowest BCUT2D eigenvalue weighted by Gasteiger charge is -2.38. The molecule has 5 nitrogen and oxygen atoms in total. The van der Waals surface area contributed by atoms with Gasteiger partial charge in [-0.15, -0.1) is 0 Å². The third kappa shape index (κ3) is 2.61. The van der Waals surface area contributed by atoms with Gasteiger partial charge in [-0.25, -0.2) is 0 Å². The molecule has 1 heterocycles. The molecule has 0 saturated heterocycles. The van der Waals surface area contributed by atoms with E-state index in [4.69, 9.17) is 9.47 Å². The topological polar surface area (TPSA) is 55.8 Å². The summed E-state index contributed by atoms with van der Waals surface area (Å²) in [6, 6.07) is 17.7. The van der Waals surface area contributed by atoms with E-state index in [1.165, 1.54) is 14.2 Å². The van der Waals surface area contributed by atoms with Crippen LogP contribution in [0.2, 0.25) is 0 Å². The number of anilines is 1. The summed E-state index contributed by atoms with van der Waals surface area (Å²) in [5.74, 6) is -1.14. The second kappa shape index (κ2) is 7.31. The smallest absolute Gasteiger partial charge is 0.325 e. The number of carbonyl (C=O) groups excluding carboxylic acids is 2. The molecule has 2 aliphatic rings. The minimum Gasteiger partial charge on any atom is -0.468 e. The molecule has 0 bridgehead atoms. The summed E-state index contributed by atoms with van der Waals surface area (Å²) in [5, 5.41) is 0. The van der Waals surface area contributed by atoms with Gasteiger partial charge in [0.25, 0.3) is 0 Å². The number of methoxy groups -OCH3 is 2. The van der Waals surface area contributed by atoms with Gasteiger partial charge in [-0.1, -0.05) is 67.6 Å². The number of hydrogen-bond donors (Lipinski definition) is 0. The molecular weight excluding hydrogens is 378 g/mol. The summed E-state index contributed by atoms with van der Waals surface area (Å²) >= 11 is 0. The van der Waals surface area contributed by atoms with Crippen LogP contribution in [0.15, 0.2) is 60.7 Å². The molecular formula is C25H27NO4. The lowest BCUT2D eigenvalue weighted by Crippen LogP contribution is -2.56. The van der Waals surface area contributed by atoms with E-state index in [-0.39, 0.29) is 5.92 Å². The minimum atomic E-state index is -1.41. The van der Waals surface area contributed by atoms with E-state index in [2.05, 4.69) is 30.0 Å². The number of esters is 2. The SMILES string of the molecule is COC(=O)C1(C(=O)OC)C[C@H](/C=C/c2ccccc2)[C@@]2(C)c3ccccc3N(C)[C@@H]12. The van der Waals surface area contributed by atoms with Crippen LogP contribution in [0.4, 0.5) is 5.69 Å². The Bertz CT molecular complexity index is 983. The average Bonchev–Trinajstić information content (AvgIpc) is 3.19. The van der Waals surface area contributed by atoms with Crippen LogP contribution in [-0.2, 0) is 24.5 Å². The number of rotatable bonds is 4. The number of allylic oxidation sites excluding steroid dienone is 1. The zero-order valence-electron chi connectivity index (χ0n) is 17.8. The maximum absolute atomic E-state index is 13.2. The molecule has 0 aromatic heterocycles. The monoisotopic (exact) mass is 405 g/mol. The van der Waals surface area contributed by atoms with Crippen molar-refractivity contribution in [1.29, 1.82) is 0 Å². The predicted octanol–water partition coefficient (Wildman–Crippen LogP) is 3.83. The summed E-state index contributed by atoms with van der Waals surface area (Å²) in [4.78, 5) is 28.4. The van der Waals surface area contributed by atoms with Gasteiger partial charge < -0.3 is 14.4 Å². The van der Waals surface area contributed by atoms with Gasteiger partial charge in [0, 0.05) is 18.2 Å². The van der Waals surface area contributed by atoms with E-state index in [1.807, 2.05) is 55.6 Å². The quantitative estimate of drug-likeness (QED) is 0.572. The molecule has 5 heteroatoms. The Hall–Kier alpha value is -3.08. The van der Waals surface area contributed by atoms with Crippen LogP contribution in [0, 0.1) is 11.3 Å². The number of benzene rings is 2. The van der Waals surface area contributed by atoms with Gasteiger partial charge in [0.2, 0.25) is 0 Å². The standard InChI is InChI=1S/C25H27NO4/c1-24-18(15-14-17-10-6-5-7-11-17)16-25(22(27)29-3,23(28)30-4)21(24)26(2)20-13-9-8-12-19(20)24/h5-15,18,21H,16H2,1-4H3/b15-14+/t18-,21+,24-/m0/s1. The first-order chi connectivity index (χ1) is 14.4. The Balaban J connectivity index is 1.91. The number of ether oxygens (including phenoxy) is 2. The number of carbonyl (C=O) groups is 2. The summed E-state index contributed by atoms with van der Waals surface area (Å²) in [7, 11) is 4.61. The van der Waals surface area contributed by atoms with Gasteiger partial charge in [-0.2, -0.15) is 0 Å². The molecule has 1 saturated carbocycles. The molecule has 0 spiro atoms. The molecule has 1 aliphatic heterocycles. The molecule has 3 atom stereocenters. The number of nitrogens with zero attached hydrogens (tertiary/aromatic N) is 1. The van der Waals surface area contributed by atoms with Crippen molar-refractivity contribution in [2.45, 2.75) is 24.8 Å². The van der Waals surface area contributed by atoms with Crippen molar-refractivity contribution >= 4 is 23.7 Å². The van der Waals surface area contributed by atoms with Crippen LogP contribution in [-0.4, -0.2) is 39.2 Å². The first kappa shape index (κ1) is 20.2. The lowest BCUT2D eigenvalue weighted by atomic mass is 9.71. The molecule has 1 aliphatic carbocycles. The largest absolute Gasteiger partial charge is 0.468 e. The van der Waals surface area contributed by atoms with Crippen molar-refractivity contribution in [1.82, 2.24) is 0 Å². The molecule has 156 valence electrons. The third-order valence-electron chi connectivity index (χ3n) is 7.02.